The van der Waals surface area contributed by atoms with Crippen LogP contribution in [-0.4, -0.2) is 46.5 Å². The largest absolute Gasteiger partial charge is 0.542 e. The zero-order chi connectivity index (χ0) is 14.7. The zero-order valence-corrected chi connectivity index (χ0v) is 13.0. The Morgan fingerprint density at radius 3 is 2.24 bits per heavy atom. The van der Waals surface area contributed by atoms with Gasteiger partial charge in [-0.05, 0) is 25.7 Å². The zero-order valence-electron chi connectivity index (χ0n) is 13.0. The number of nitrogens with zero attached hydrogens (tertiary/aromatic N) is 2. The Labute approximate surface area is 127 Å². The minimum absolute atomic E-state index is 0.410. The smallest absolute Gasteiger partial charge is 0.250 e. The van der Waals surface area contributed by atoms with Gasteiger partial charge in [0.15, 0.2) is 6.04 Å². The van der Waals surface area contributed by atoms with Crippen molar-refractivity contribution in [2.75, 3.05) is 6.54 Å². The summed E-state index contributed by atoms with van der Waals surface area (Å²) in [5.41, 5.74) is 0. The molecule has 0 saturated heterocycles. The molecule has 0 spiro atoms. The molecule has 2 saturated carbocycles. The van der Waals surface area contributed by atoms with Gasteiger partial charge in [0.1, 0.15) is 12.2 Å². The molecule has 118 valence electrons. The van der Waals surface area contributed by atoms with Crippen molar-refractivity contribution in [3.05, 3.63) is 0 Å². The highest BCUT2D eigenvalue weighted by Gasteiger charge is 2.41. The molecule has 4 heteroatoms. The van der Waals surface area contributed by atoms with E-state index in [-0.39, 0.29) is 0 Å². The van der Waals surface area contributed by atoms with Crippen molar-refractivity contribution in [2.24, 2.45) is 0 Å². The fourth-order valence-electron chi connectivity index (χ4n) is 4.53. The van der Waals surface area contributed by atoms with Gasteiger partial charge in [0.25, 0.3) is 0 Å². The van der Waals surface area contributed by atoms with Gasteiger partial charge in [-0.3, -0.25) is 0 Å². The topological polar surface area (TPSA) is 46.4 Å². The molecule has 3 rings (SSSR count). The summed E-state index contributed by atoms with van der Waals surface area (Å²) < 4.78 is 2.15. The van der Waals surface area contributed by atoms with Gasteiger partial charge in [-0.1, -0.05) is 25.7 Å². The summed E-state index contributed by atoms with van der Waals surface area (Å²) in [6.07, 6.45) is 14.8. The van der Waals surface area contributed by atoms with Crippen LogP contribution in [-0.2, 0) is 4.79 Å². The van der Waals surface area contributed by atoms with Crippen LogP contribution in [0.4, 0.5) is 0 Å². The normalized spacial score (nSPS) is 30.1. The number of carbonyl (C=O) groups is 1. The number of carbonyl (C=O) groups excluding carboxylic acids is 1. The summed E-state index contributed by atoms with van der Waals surface area (Å²) in [6, 6.07) is 0.856. The molecule has 21 heavy (non-hydrogen) atoms. The summed E-state index contributed by atoms with van der Waals surface area (Å²) in [5.74, 6) is -0.901. The number of carboxylic acid groups (broad SMARTS) is 1. The first-order valence-electron chi connectivity index (χ1n) is 8.85. The third kappa shape index (κ3) is 3.31. The lowest BCUT2D eigenvalue weighted by atomic mass is 9.91. The first-order chi connectivity index (χ1) is 10.3. The highest BCUT2D eigenvalue weighted by molar-refractivity contribution is 5.71. The molecule has 0 N–H and O–H groups in total. The average Bonchev–Trinajstić information content (AvgIpc) is 2.55. The molecule has 2 aliphatic carbocycles. The van der Waals surface area contributed by atoms with Gasteiger partial charge >= 0.3 is 0 Å². The SMILES string of the molecule is O=C([O-])C1N(C2CCCCC2)CCC=[N+]1C1CCCCC1. The van der Waals surface area contributed by atoms with E-state index in [1.54, 1.807) is 0 Å². The van der Waals surface area contributed by atoms with Crippen LogP contribution in [0.1, 0.15) is 70.6 Å². The van der Waals surface area contributed by atoms with Gasteiger partial charge in [-0.2, -0.15) is 0 Å². The number of aliphatic carboxylic acids is 1. The van der Waals surface area contributed by atoms with Crippen LogP contribution in [0.2, 0.25) is 0 Å². The third-order valence-electron chi connectivity index (χ3n) is 5.57. The van der Waals surface area contributed by atoms with Crippen LogP contribution >= 0.6 is 0 Å². The minimum Gasteiger partial charge on any atom is -0.542 e. The second-order valence-corrected chi connectivity index (χ2v) is 6.93. The lowest BCUT2D eigenvalue weighted by Gasteiger charge is -2.41. The van der Waals surface area contributed by atoms with Gasteiger partial charge in [0.2, 0.25) is 6.17 Å². The van der Waals surface area contributed by atoms with Crippen molar-refractivity contribution in [1.29, 1.82) is 0 Å². The maximum atomic E-state index is 11.8. The van der Waals surface area contributed by atoms with Crippen molar-refractivity contribution in [3.63, 3.8) is 0 Å². The molecular weight excluding hydrogens is 264 g/mol. The van der Waals surface area contributed by atoms with Crippen molar-refractivity contribution >= 4 is 12.2 Å². The molecular formula is C17H28N2O2. The molecule has 0 radical (unpaired) electrons. The van der Waals surface area contributed by atoms with E-state index < -0.39 is 12.1 Å². The molecule has 1 unspecified atom stereocenters. The van der Waals surface area contributed by atoms with Gasteiger partial charge in [0.05, 0.1) is 0 Å². The van der Waals surface area contributed by atoms with E-state index in [0.717, 1.165) is 38.6 Å². The molecule has 1 atom stereocenters. The molecule has 1 aliphatic heterocycles. The number of carboxylic acids is 1. The Morgan fingerprint density at radius 1 is 1.00 bits per heavy atom. The molecule has 0 bridgehead atoms. The molecule has 4 nitrogen and oxygen atoms in total. The number of hydrogen-bond donors (Lipinski definition) is 0. The molecule has 0 aromatic rings. The van der Waals surface area contributed by atoms with Gasteiger partial charge in [-0.15, -0.1) is 0 Å². The maximum absolute atomic E-state index is 11.8. The Hall–Kier alpha value is -0.900. The molecule has 0 aromatic carbocycles. The second-order valence-electron chi connectivity index (χ2n) is 6.93. The second kappa shape index (κ2) is 6.91. The van der Waals surface area contributed by atoms with E-state index in [4.69, 9.17) is 0 Å². The maximum Gasteiger partial charge on any atom is 0.250 e. The highest BCUT2D eigenvalue weighted by Crippen LogP contribution is 2.28. The molecule has 3 aliphatic rings. The van der Waals surface area contributed by atoms with Crippen LogP contribution in [0.15, 0.2) is 0 Å². The number of hydrogen-bond acceptors (Lipinski definition) is 3. The molecule has 0 amide bonds. The fraction of sp³-hybridized carbons (Fsp3) is 0.882. The minimum atomic E-state index is -0.901. The van der Waals surface area contributed by atoms with Crippen LogP contribution in [0.3, 0.4) is 0 Å². The fourth-order valence-corrected chi connectivity index (χ4v) is 4.53. The molecule has 0 aromatic heterocycles. The van der Waals surface area contributed by atoms with E-state index in [0.29, 0.717) is 12.1 Å². The Kier molecular flexibility index (Phi) is 4.94. The van der Waals surface area contributed by atoms with Crippen molar-refractivity contribution in [1.82, 2.24) is 4.90 Å². The summed E-state index contributed by atoms with van der Waals surface area (Å²) in [7, 11) is 0. The van der Waals surface area contributed by atoms with E-state index in [1.165, 1.54) is 38.5 Å². The Morgan fingerprint density at radius 2 is 1.62 bits per heavy atom. The van der Waals surface area contributed by atoms with Crippen LogP contribution in [0.5, 0.6) is 0 Å². The highest BCUT2D eigenvalue weighted by atomic mass is 16.4. The van der Waals surface area contributed by atoms with E-state index in [2.05, 4.69) is 15.7 Å². The lowest BCUT2D eigenvalue weighted by molar-refractivity contribution is -0.625. The van der Waals surface area contributed by atoms with Crippen molar-refractivity contribution in [2.45, 2.75) is 88.9 Å². The van der Waals surface area contributed by atoms with Crippen LogP contribution in [0.25, 0.3) is 0 Å². The van der Waals surface area contributed by atoms with Crippen molar-refractivity contribution < 1.29 is 14.5 Å². The first-order valence-corrected chi connectivity index (χ1v) is 8.85. The summed E-state index contributed by atoms with van der Waals surface area (Å²) >= 11 is 0. The quantitative estimate of drug-likeness (QED) is 0.741. The summed E-state index contributed by atoms with van der Waals surface area (Å²) in [4.78, 5) is 14.1. The van der Waals surface area contributed by atoms with Gasteiger partial charge in [0, 0.05) is 31.8 Å². The lowest BCUT2D eigenvalue weighted by Crippen LogP contribution is -2.62. The monoisotopic (exact) mass is 292 g/mol. The van der Waals surface area contributed by atoms with E-state index in [1.807, 2.05) is 0 Å². The molecule has 1 heterocycles. The predicted molar refractivity (Wildman–Crippen MR) is 80.2 cm³/mol. The summed E-state index contributed by atoms with van der Waals surface area (Å²) in [6.45, 7) is 0.881. The summed E-state index contributed by atoms with van der Waals surface area (Å²) in [5, 5.41) is 11.8. The van der Waals surface area contributed by atoms with Gasteiger partial charge < -0.3 is 9.90 Å². The standard InChI is InChI=1S/C17H28N2O2/c20-17(21)16-18(14-8-3-1-4-9-14)12-7-13-19(16)15-10-5-2-6-11-15/h12,14-16H,1-11,13H2. The average molecular weight is 292 g/mol. The third-order valence-corrected chi connectivity index (χ3v) is 5.57. The van der Waals surface area contributed by atoms with Crippen LogP contribution < -0.4 is 5.11 Å². The Bertz CT molecular complexity index is 396. The van der Waals surface area contributed by atoms with E-state index >= 15 is 0 Å². The van der Waals surface area contributed by atoms with Crippen LogP contribution in [0, 0.1) is 0 Å². The number of rotatable bonds is 3. The first kappa shape index (κ1) is 15.0. The molecule has 2 fully saturated rings. The van der Waals surface area contributed by atoms with E-state index in [9.17, 15) is 9.90 Å². The Balaban J connectivity index is 1.78. The van der Waals surface area contributed by atoms with Crippen molar-refractivity contribution in [3.8, 4) is 0 Å². The van der Waals surface area contributed by atoms with Gasteiger partial charge in [-0.25, -0.2) is 9.48 Å². The predicted octanol–water partition coefficient (Wildman–Crippen LogP) is 1.52.